The Morgan fingerprint density at radius 1 is 0.958 bits per heavy atom. The molecule has 0 atom stereocenters. The summed E-state index contributed by atoms with van der Waals surface area (Å²) in [6.07, 6.45) is 3.65. The molecule has 0 aliphatic rings. The van der Waals surface area contributed by atoms with Crippen LogP contribution in [0.2, 0.25) is 0 Å². The molecule has 2 aromatic carbocycles. The third kappa shape index (κ3) is 2.72. The molecule has 0 saturated heterocycles. The Kier molecular flexibility index (Phi) is 3.67. The Morgan fingerprint density at radius 3 is 2.54 bits per heavy atom. The van der Waals surface area contributed by atoms with Gasteiger partial charge in [0.05, 0.1) is 0 Å². The van der Waals surface area contributed by atoms with Crippen LogP contribution in [0.5, 0.6) is 0 Å². The lowest BCUT2D eigenvalue weighted by Gasteiger charge is -2.09. The summed E-state index contributed by atoms with van der Waals surface area (Å²) in [6.45, 7) is 0.572. The first-order valence-corrected chi connectivity index (χ1v) is 7.68. The maximum atomic E-state index is 13.1. The van der Waals surface area contributed by atoms with Crippen molar-refractivity contribution in [2.45, 2.75) is 6.54 Å². The van der Waals surface area contributed by atoms with Crippen LogP contribution in [0, 0.1) is 5.82 Å². The fourth-order valence-electron chi connectivity index (χ4n) is 2.64. The van der Waals surface area contributed by atoms with E-state index in [1.165, 1.54) is 12.1 Å². The third-order valence-corrected chi connectivity index (χ3v) is 3.82. The molecule has 0 aliphatic heterocycles. The van der Waals surface area contributed by atoms with E-state index in [2.05, 4.69) is 15.3 Å². The van der Waals surface area contributed by atoms with Crippen molar-refractivity contribution in [3.8, 4) is 11.3 Å². The molecule has 1 N–H and O–H groups in total. The first-order valence-electron chi connectivity index (χ1n) is 7.68. The van der Waals surface area contributed by atoms with Gasteiger partial charge in [-0.15, -0.1) is 0 Å². The highest BCUT2D eigenvalue weighted by molar-refractivity contribution is 5.75. The van der Waals surface area contributed by atoms with E-state index in [0.29, 0.717) is 12.3 Å². The van der Waals surface area contributed by atoms with Crippen molar-refractivity contribution < 1.29 is 4.39 Å². The Morgan fingerprint density at radius 2 is 1.75 bits per heavy atom. The predicted octanol–water partition coefficient (Wildman–Crippen LogP) is 4.15. The zero-order valence-corrected chi connectivity index (χ0v) is 12.9. The number of nitrogens with zero attached hydrogens (tertiary/aromatic N) is 3. The highest BCUT2D eigenvalue weighted by atomic mass is 19.1. The Balaban J connectivity index is 1.74. The fraction of sp³-hybridized carbons (Fsp3) is 0.0526. The average molecular weight is 318 g/mol. The van der Waals surface area contributed by atoms with Crippen LogP contribution >= 0.6 is 0 Å². The summed E-state index contributed by atoms with van der Waals surface area (Å²) in [6, 6.07) is 18.3. The van der Waals surface area contributed by atoms with E-state index in [9.17, 15) is 4.39 Å². The number of hydrogen-bond donors (Lipinski definition) is 1. The van der Waals surface area contributed by atoms with Gasteiger partial charge in [-0.2, -0.15) is 0 Å². The van der Waals surface area contributed by atoms with Gasteiger partial charge in [-0.25, -0.2) is 14.4 Å². The summed E-state index contributed by atoms with van der Waals surface area (Å²) < 4.78 is 15.0. The Labute approximate surface area is 138 Å². The van der Waals surface area contributed by atoms with Crippen LogP contribution in [-0.4, -0.2) is 14.4 Å². The number of fused-ring (bicyclic) bond motifs is 1. The minimum atomic E-state index is -0.234. The zero-order chi connectivity index (χ0) is 16.4. The van der Waals surface area contributed by atoms with E-state index >= 15 is 0 Å². The molecule has 0 unspecified atom stereocenters. The van der Waals surface area contributed by atoms with Crippen molar-refractivity contribution in [3.05, 3.63) is 84.4 Å². The van der Waals surface area contributed by atoms with Gasteiger partial charge >= 0.3 is 0 Å². The van der Waals surface area contributed by atoms with Gasteiger partial charge in [-0.1, -0.05) is 42.5 Å². The van der Waals surface area contributed by atoms with E-state index < -0.39 is 0 Å². The summed E-state index contributed by atoms with van der Waals surface area (Å²) >= 11 is 0. The number of imidazole rings is 1. The first-order chi connectivity index (χ1) is 11.8. The molecular formula is C19H15FN4. The number of rotatable bonds is 4. The minimum Gasteiger partial charge on any atom is -0.365 e. The first kappa shape index (κ1) is 14.4. The molecule has 4 nitrogen and oxygen atoms in total. The molecule has 118 valence electrons. The van der Waals surface area contributed by atoms with Gasteiger partial charge in [0.1, 0.15) is 17.3 Å². The SMILES string of the molecule is Fc1ccc(CNc2c(-c3ccccc3)nc3ncccn23)cc1. The van der Waals surface area contributed by atoms with Gasteiger partial charge in [-0.05, 0) is 23.8 Å². The van der Waals surface area contributed by atoms with Gasteiger partial charge in [-0.3, -0.25) is 4.40 Å². The van der Waals surface area contributed by atoms with Crippen LogP contribution < -0.4 is 5.32 Å². The maximum absolute atomic E-state index is 13.1. The van der Waals surface area contributed by atoms with Crippen LogP contribution in [-0.2, 0) is 6.54 Å². The number of anilines is 1. The minimum absolute atomic E-state index is 0.234. The van der Waals surface area contributed by atoms with E-state index in [4.69, 9.17) is 0 Å². The lowest BCUT2D eigenvalue weighted by molar-refractivity contribution is 0.627. The van der Waals surface area contributed by atoms with Crippen LogP contribution in [0.3, 0.4) is 0 Å². The highest BCUT2D eigenvalue weighted by Crippen LogP contribution is 2.28. The molecule has 2 aromatic heterocycles. The molecule has 4 rings (SSSR count). The normalized spacial score (nSPS) is 10.9. The van der Waals surface area contributed by atoms with E-state index in [0.717, 1.165) is 22.6 Å². The molecule has 2 heterocycles. The summed E-state index contributed by atoms with van der Waals surface area (Å²) in [5.41, 5.74) is 2.86. The lowest BCUT2D eigenvalue weighted by Crippen LogP contribution is -2.03. The Hall–Kier alpha value is -3.21. The summed E-state index contributed by atoms with van der Waals surface area (Å²) in [4.78, 5) is 8.96. The second-order valence-corrected chi connectivity index (χ2v) is 5.44. The number of halogens is 1. The summed E-state index contributed by atoms with van der Waals surface area (Å²) in [5, 5.41) is 3.41. The average Bonchev–Trinajstić information content (AvgIpc) is 3.01. The molecule has 0 aliphatic carbocycles. The molecule has 0 spiro atoms. The summed E-state index contributed by atoms with van der Waals surface area (Å²) in [5.74, 6) is 1.27. The van der Waals surface area contributed by atoms with E-state index in [1.54, 1.807) is 18.3 Å². The smallest absolute Gasteiger partial charge is 0.235 e. The van der Waals surface area contributed by atoms with Crippen LogP contribution in [0.15, 0.2) is 73.1 Å². The predicted molar refractivity (Wildman–Crippen MR) is 92.1 cm³/mol. The number of hydrogen-bond acceptors (Lipinski definition) is 3. The number of benzene rings is 2. The largest absolute Gasteiger partial charge is 0.365 e. The van der Waals surface area contributed by atoms with Crippen molar-refractivity contribution in [1.82, 2.24) is 14.4 Å². The zero-order valence-electron chi connectivity index (χ0n) is 12.9. The van der Waals surface area contributed by atoms with Gasteiger partial charge in [0.15, 0.2) is 0 Å². The monoisotopic (exact) mass is 318 g/mol. The van der Waals surface area contributed by atoms with Crippen LogP contribution in [0.25, 0.3) is 17.0 Å². The summed E-state index contributed by atoms with van der Waals surface area (Å²) in [7, 11) is 0. The number of nitrogens with one attached hydrogen (secondary N) is 1. The molecule has 0 bridgehead atoms. The molecule has 0 fully saturated rings. The topological polar surface area (TPSA) is 42.2 Å². The van der Waals surface area contributed by atoms with Crippen molar-refractivity contribution in [1.29, 1.82) is 0 Å². The van der Waals surface area contributed by atoms with Gasteiger partial charge < -0.3 is 5.32 Å². The van der Waals surface area contributed by atoms with Crippen molar-refractivity contribution in [2.75, 3.05) is 5.32 Å². The highest BCUT2D eigenvalue weighted by Gasteiger charge is 2.14. The quantitative estimate of drug-likeness (QED) is 0.615. The second kappa shape index (κ2) is 6.12. The molecule has 0 radical (unpaired) electrons. The molecular weight excluding hydrogens is 303 g/mol. The number of aromatic nitrogens is 3. The van der Waals surface area contributed by atoms with Crippen molar-refractivity contribution >= 4 is 11.6 Å². The lowest BCUT2D eigenvalue weighted by atomic mass is 10.1. The van der Waals surface area contributed by atoms with Gasteiger partial charge in [0.25, 0.3) is 0 Å². The standard InChI is InChI=1S/C19H15FN4/c20-16-9-7-14(8-10-16)13-22-18-17(15-5-2-1-3-6-15)23-19-21-11-4-12-24(18)19/h1-12,22H,13H2. The van der Waals surface area contributed by atoms with E-state index in [-0.39, 0.29) is 5.82 Å². The van der Waals surface area contributed by atoms with Crippen LogP contribution in [0.1, 0.15) is 5.56 Å². The molecule has 0 saturated carbocycles. The van der Waals surface area contributed by atoms with Crippen molar-refractivity contribution in [3.63, 3.8) is 0 Å². The molecule has 5 heteroatoms. The molecule has 24 heavy (non-hydrogen) atoms. The fourth-order valence-corrected chi connectivity index (χ4v) is 2.64. The molecule has 0 amide bonds. The van der Waals surface area contributed by atoms with Crippen LogP contribution in [0.4, 0.5) is 10.2 Å². The third-order valence-electron chi connectivity index (χ3n) is 3.82. The second-order valence-electron chi connectivity index (χ2n) is 5.44. The van der Waals surface area contributed by atoms with Crippen molar-refractivity contribution in [2.24, 2.45) is 0 Å². The molecule has 4 aromatic rings. The Bertz CT molecular complexity index is 962. The van der Waals surface area contributed by atoms with Gasteiger partial charge in [0.2, 0.25) is 5.78 Å². The van der Waals surface area contributed by atoms with E-state index in [1.807, 2.05) is 47.0 Å². The van der Waals surface area contributed by atoms with Gasteiger partial charge in [0, 0.05) is 24.5 Å². The maximum Gasteiger partial charge on any atom is 0.235 e.